The van der Waals surface area contributed by atoms with Crippen molar-refractivity contribution in [2.45, 2.75) is 0 Å². The average Bonchev–Trinajstić information content (AvgIpc) is 2.93. The number of hydrogen-bond acceptors (Lipinski definition) is 7. The van der Waals surface area contributed by atoms with E-state index in [1.807, 2.05) is 18.2 Å². The Morgan fingerprint density at radius 2 is 1.95 bits per heavy atom. The molecule has 21 heavy (non-hydrogen) atoms. The molecule has 0 aliphatic carbocycles. The molecule has 0 aromatic carbocycles. The molecule has 0 saturated carbocycles. The van der Waals surface area contributed by atoms with Crippen molar-refractivity contribution in [3.05, 3.63) is 48.3 Å². The second kappa shape index (κ2) is 5.63. The van der Waals surface area contributed by atoms with E-state index in [0.29, 0.717) is 21.7 Å². The summed E-state index contributed by atoms with van der Waals surface area (Å²) >= 11 is 1.09. The molecule has 0 aliphatic rings. The first-order chi connectivity index (χ1) is 10.2. The van der Waals surface area contributed by atoms with Crippen LogP contribution in [-0.2, 0) is 0 Å². The van der Waals surface area contributed by atoms with Crippen LogP contribution in [0, 0.1) is 0 Å². The molecule has 7 nitrogen and oxygen atoms in total. The summed E-state index contributed by atoms with van der Waals surface area (Å²) < 4.78 is 0. The van der Waals surface area contributed by atoms with Crippen LogP contribution in [0.25, 0.3) is 11.4 Å². The highest BCUT2D eigenvalue weighted by Crippen LogP contribution is 2.18. The van der Waals surface area contributed by atoms with Gasteiger partial charge < -0.3 is 5.73 Å². The van der Waals surface area contributed by atoms with E-state index in [1.165, 1.54) is 0 Å². The number of pyridine rings is 2. The highest BCUT2D eigenvalue weighted by molar-refractivity contribution is 7.19. The third kappa shape index (κ3) is 3.00. The molecule has 0 saturated heterocycles. The lowest BCUT2D eigenvalue weighted by Gasteiger charge is -2.03. The maximum absolute atomic E-state index is 12.1. The van der Waals surface area contributed by atoms with Crippen LogP contribution in [-0.4, -0.2) is 26.1 Å². The van der Waals surface area contributed by atoms with Crippen LogP contribution in [0.2, 0.25) is 0 Å². The minimum Gasteiger partial charge on any atom is -0.374 e. The zero-order valence-electron chi connectivity index (χ0n) is 10.7. The number of rotatable bonds is 3. The van der Waals surface area contributed by atoms with Crippen molar-refractivity contribution >= 4 is 27.5 Å². The SMILES string of the molecule is Nc1nnc(NC(=O)c2cccc(-c3ccccn3)n2)s1. The van der Waals surface area contributed by atoms with Crippen LogP contribution in [0.3, 0.4) is 0 Å². The second-order valence-electron chi connectivity index (χ2n) is 4.02. The third-order valence-corrected chi connectivity index (χ3v) is 3.24. The third-order valence-electron chi connectivity index (χ3n) is 2.57. The summed E-state index contributed by atoms with van der Waals surface area (Å²) in [6.07, 6.45) is 1.67. The molecule has 3 N–H and O–H groups in total. The minimum absolute atomic E-state index is 0.270. The fraction of sp³-hybridized carbons (Fsp3) is 0. The van der Waals surface area contributed by atoms with Crippen LogP contribution in [0.5, 0.6) is 0 Å². The molecule has 3 aromatic rings. The first kappa shape index (κ1) is 13.1. The molecule has 3 rings (SSSR count). The van der Waals surface area contributed by atoms with Gasteiger partial charge in [0, 0.05) is 6.20 Å². The number of hydrogen-bond donors (Lipinski definition) is 2. The van der Waals surface area contributed by atoms with Crippen LogP contribution < -0.4 is 11.1 Å². The fourth-order valence-electron chi connectivity index (χ4n) is 1.66. The number of nitrogen functional groups attached to an aromatic ring is 1. The number of anilines is 2. The monoisotopic (exact) mass is 298 g/mol. The van der Waals surface area contributed by atoms with Crippen molar-refractivity contribution in [3.8, 4) is 11.4 Å². The molecule has 0 radical (unpaired) electrons. The van der Waals surface area contributed by atoms with Gasteiger partial charge in [-0.3, -0.25) is 15.1 Å². The first-order valence-electron chi connectivity index (χ1n) is 6.01. The number of aromatic nitrogens is 4. The maximum atomic E-state index is 12.1. The van der Waals surface area contributed by atoms with Gasteiger partial charge in [-0.1, -0.05) is 23.5 Å². The number of nitrogens with zero attached hydrogens (tertiary/aromatic N) is 4. The number of amides is 1. The molecular weight excluding hydrogens is 288 g/mol. The van der Waals surface area contributed by atoms with E-state index >= 15 is 0 Å². The van der Waals surface area contributed by atoms with Gasteiger partial charge in [-0.2, -0.15) is 0 Å². The van der Waals surface area contributed by atoms with E-state index in [4.69, 9.17) is 5.73 Å². The molecule has 0 aliphatic heterocycles. The Bertz CT molecular complexity index is 773. The second-order valence-corrected chi connectivity index (χ2v) is 5.03. The normalized spacial score (nSPS) is 10.3. The van der Waals surface area contributed by atoms with Crippen LogP contribution >= 0.6 is 11.3 Å². The van der Waals surface area contributed by atoms with Gasteiger partial charge in [0.25, 0.3) is 5.91 Å². The predicted molar refractivity (Wildman–Crippen MR) is 79.7 cm³/mol. The van der Waals surface area contributed by atoms with Gasteiger partial charge in [0.1, 0.15) is 5.69 Å². The number of nitrogens with one attached hydrogen (secondary N) is 1. The molecule has 1 amide bonds. The van der Waals surface area contributed by atoms with E-state index in [-0.39, 0.29) is 11.6 Å². The summed E-state index contributed by atoms with van der Waals surface area (Å²) in [5.74, 6) is -0.371. The van der Waals surface area contributed by atoms with Gasteiger partial charge in [0.15, 0.2) is 0 Å². The lowest BCUT2D eigenvalue weighted by Crippen LogP contribution is -2.13. The van der Waals surface area contributed by atoms with Crippen molar-refractivity contribution in [3.63, 3.8) is 0 Å². The summed E-state index contributed by atoms with van der Waals surface area (Å²) in [5.41, 5.74) is 7.06. The van der Waals surface area contributed by atoms with Gasteiger partial charge in [0.05, 0.1) is 11.4 Å². The lowest BCUT2D eigenvalue weighted by molar-refractivity contribution is 0.102. The largest absolute Gasteiger partial charge is 0.374 e. The van der Waals surface area contributed by atoms with Crippen LogP contribution in [0.15, 0.2) is 42.6 Å². The minimum atomic E-state index is -0.371. The maximum Gasteiger partial charge on any atom is 0.276 e. The Hall–Kier alpha value is -2.87. The smallest absolute Gasteiger partial charge is 0.276 e. The molecule has 0 atom stereocenters. The highest BCUT2D eigenvalue weighted by atomic mass is 32.1. The lowest BCUT2D eigenvalue weighted by atomic mass is 10.2. The summed E-state index contributed by atoms with van der Waals surface area (Å²) in [7, 11) is 0. The topological polar surface area (TPSA) is 107 Å². The average molecular weight is 298 g/mol. The van der Waals surface area contributed by atoms with Crippen molar-refractivity contribution < 1.29 is 4.79 Å². The quantitative estimate of drug-likeness (QED) is 0.764. The Labute approximate surface area is 123 Å². The molecule has 104 valence electrons. The molecule has 0 unspecified atom stereocenters. The van der Waals surface area contributed by atoms with Gasteiger partial charge in [-0.15, -0.1) is 10.2 Å². The summed E-state index contributed by atoms with van der Waals surface area (Å²) in [5, 5.41) is 10.6. The molecule has 3 aromatic heterocycles. The number of carbonyl (C=O) groups is 1. The van der Waals surface area contributed by atoms with E-state index in [0.717, 1.165) is 11.3 Å². The van der Waals surface area contributed by atoms with Gasteiger partial charge in [0.2, 0.25) is 10.3 Å². The Morgan fingerprint density at radius 1 is 1.10 bits per heavy atom. The van der Waals surface area contributed by atoms with Gasteiger partial charge in [-0.25, -0.2) is 4.98 Å². The van der Waals surface area contributed by atoms with E-state index in [9.17, 15) is 4.79 Å². The summed E-state index contributed by atoms with van der Waals surface area (Å²) in [6, 6.07) is 10.7. The van der Waals surface area contributed by atoms with Gasteiger partial charge in [-0.05, 0) is 24.3 Å². The van der Waals surface area contributed by atoms with E-state index < -0.39 is 0 Å². The molecule has 0 spiro atoms. The molecule has 0 bridgehead atoms. The van der Waals surface area contributed by atoms with Crippen molar-refractivity contribution in [2.75, 3.05) is 11.1 Å². The Kier molecular flexibility index (Phi) is 3.52. The Morgan fingerprint density at radius 3 is 2.67 bits per heavy atom. The highest BCUT2D eigenvalue weighted by Gasteiger charge is 2.12. The molecular formula is C13H10N6OS. The standard InChI is InChI=1S/C13H10N6OS/c14-12-18-19-13(21-12)17-11(20)10-6-3-5-9(16-10)8-4-1-2-7-15-8/h1-7H,(H2,14,18)(H,17,19,20). The first-order valence-corrected chi connectivity index (χ1v) is 6.83. The van der Waals surface area contributed by atoms with Crippen LogP contribution in [0.4, 0.5) is 10.3 Å². The molecule has 0 fully saturated rings. The van der Waals surface area contributed by atoms with Crippen molar-refractivity contribution in [1.82, 2.24) is 20.2 Å². The summed E-state index contributed by atoms with van der Waals surface area (Å²) in [4.78, 5) is 20.6. The van der Waals surface area contributed by atoms with Crippen molar-refractivity contribution in [2.24, 2.45) is 0 Å². The zero-order chi connectivity index (χ0) is 14.7. The van der Waals surface area contributed by atoms with Crippen molar-refractivity contribution in [1.29, 1.82) is 0 Å². The number of carbonyl (C=O) groups excluding carboxylic acids is 1. The summed E-state index contributed by atoms with van der Waals surface area (Å²) in [6.45, 7) is 0. The van der Waals surface area contributed by atoms with E-state index in [1.54, 1.807) is 24.4 Å². The zero-order valence-corrected chi connectivity index (χ0v) is 11.5. The van der Waals surface area contributed by atoms with Crippen LogP contribution in [0.1, 0.15) is 10.5 Å². The Balaban J connectivity index is 1.84. The van der Waals surface area contributed by atoms with E-state index in [2.05, 4.69) is 25.5 Å². The van der Waals surface area contributed by atoms with Gasteiger partial charge >= 0.3 is 0 Å². The molecule has 8 heteroatoms. The number of nitrogens with two attached hydrogens (primary N) is 1. The fourth-order valence-corrected chi connectivity index (χ4v) is 2.17. The predicted octanol–water partition coefficient (Wildman–Crippen LogP) is 1.83. The molecule has 3 heterocycles.